The highest BCUT2D eigenvalue weighted by Crippen LogP contribution is 2.28. The van der Waals surface area contributed by atoms with Crippen molar-refractivity contribution in [1.82, 2.24) is 4.90 Å². The fourth-order valence-electron chi connectivity index (χ4n) is 2.70. The summed E-state index contributed by atoms with van der Waals surface area (Å²) in [6.07, 6.45) is 0.118. The maximum Gasteiger partial charge on any atom is 0.410 e. The SMILES string of the molecule is CC(C)(C)OC(=O)N1CCC(O)C(Cc2cccc(F)c2Br)C1. The summed E-state index contributed by atoms with van der Waals surface area (Å²) in [5.74, 6) is -0.467. The second-order valence-electron chi connectivity index (χ2n) is 6.96. The molecule has 1 fully saturated rings. The summed E-state index contributed by atoms with van der Waals surface area (Å²) in [5, 5.41) is 10.2. The van der Waals surface area contributed by atoms with Crippen LogP contribution in [0.15, 0.2) is 22.7 Å². The number of aliphatic hydroxyl groups is 1. The number of rotatable bonds is 2. The van der Waals surface area contributed by atoms with Gasteiger partial charge in [-0.3, -0.25) is 0 Å². The number of benzene rings is 1. The molecular weight excluding hydrogens is 365 g/mol. The van der Waals surface area contributed by atoms with Gasteiger partial charge in [-0.25, -0.2) is 9.18 Å². The Kier molecular flexibility index (Phi) is 5.68. The van der Waals surface area contributed by atoms with Crippen LogP contribution >= 0.6 is 15.9 Å². The molecule has 1 amide bonds. The lowest BCUT2D eigenvalue weighted by Gasteiger charge is -2.37. The van der Waals surface area contributed by atoms with Crippen molar-refractivity contribution in [3.05, 3.63) is 34.1 Å². The first-order chi connectivity index (χ1) is 10.7. The molecule has 0 aliphatic carbocycles. The third-order valence-electron chi connectivity index (χ3n) is 3.86. The lowest BCUT2D eigenvalue weighted by Crippen LogP contribution is -2.48. The third kappa shape index (κ3) is 4.91. The first-order valence-electron chi connectivity index (χ1n) is 7.76. The number of likely N-dealkylation sites (tertiary alicyclic amines) is 1. The average molecular weight is 388 g/mol. The van der Waals surface area contributed by atoms with Crippen LogP contribution in [-0.2, 0) is 11.2 Å². The number of aliphatic hydroxyl groups excluding tert-OH is 1. The lowest BCUT2D eigenvalue weighted by atomic mass is 9.89. The van der Waals surface area contributed by atoms with E-state index in [9.17, 15) is 14.3 Å². The number of hydrogen-bond donors (Lipinski definition) is 1. The quantitative estimate of drug-likeness (QED) is 0.840. The predicted molar refractivity (Wildman–Crippen MR) is 89.7 cm³/mol. The van der Waals surface area contributed by atoms with Gasteiger partial charge in [0.25, 0.3) is 0 Å². The molecule has 2 rings (SSSR count). The first-order valence-corrected chi connectivity index (χ1v) is 8.55. The van der Waals surface area contributed by atoms with Gasteiger partial charge in [0.1, 0.15) is 11.4 Å². The largest absolute Gasteiger partial charge is 0.444 e. The van der Waals surface area contributed by atoms with Crippen LogP contribution in [-0.4, -0.2) is 40.9 Å². The molecule has 128 valence electrons. The van der Waals surface area contributed by atoms with E-state index in [4.69, 9.17) is 4.74 Å². The number of nitrogens with zero attached hydrogens (tertiary/aromatic N) is 1. The fourth-order valence-corrected chi connectivity index (χ4v) is 3.13. The lowest BCUT2D eigenvalue weighted by molar-refractivity contribution is -0.00828. The minimum absolute atomic E-state index is 0.144. The summed E-state index contributed by atoms with van der Waals surface area (Å²) < 4.78 is 19.4. The molecule has 1 N–H and O–H groups in total. The molecule has 0 bridgehead atoms. The molecule has 2 unspecified atom stereocenters. The Hall–Kier alpha value is -1.14. The summed E-state index contributed by atoms with van der Waals surface area (Å²) in [7, 11) is 0. The highest BCUT2D eigenvalue weighted by atomic mass is 79.9. The van der Waals surface area contributed by atoms with E-state index in [1.54, 1.807) is 11.0 Å². The van der Waals surface area contributed by atoms with Gasteiger partial charge in [0.2, 0.25) is 0 Å². The van der Waals surface area contributed by atoms with E-state index in [0.29, 0.717) is 30.4 Å². The van der Waals surface area contributed by atoms with Crippen molar-refractivity contribution in [2.24, 2.45) is 5.92 Å². The van der Waals surface area contributed by atoms with Gasteiger partial charge < -0.3 is 14.7 Å². The average Bonchev–Trinajstić information content (AvgIpc) is 2.44. The Morgan fingerprint density at radius 3 is 2.83 bits per heavy atom. The van der Waals surface area contributed by atoms with Crippen molar-refractivity contribution < 1.29 is 19.0 Å². The van der Waals surface area contributed by atoms with E-state index in [1.165, 1.54) is 6.07 Å². The second-order valence-corrected chi connectivity index (χ2v) is 7.75. The summed E-state index contributed by atoms with van der Waals surface area (Å²) >= 11 is 3.25. The molecule has 1 aliphatic heterocycles. The summed E-state index contributed by atoms with van der Waals surface area (Å²) in [5.41, 5.74) is 0.244. The maximum absolute atomic E-state index is 13.6. The fraction of sp³-hybridized carbons (Fsp3) is 0.588. The summed E-state index contributed by atoms with van der Waals surface area (Å²) in [4.78, 5) is 13.8. The Morgan fingerprint density at radius 2 is 2.17 bits per heavy atom. The first kappa shape index (κ1) is 18.2. The highest BCUT2D eigenvalue weighted by Gasteiger charge is 2.33. The van der Waals surface area contributed by atoms with Gasteiger partial charge in [0, 0.05) is 19.0 Å². The van der Waals surface area contributed by atoms with E-state index in [0.717, 1.165) is 5.56 Å². The van der Waals surface area contributed by atoms with Crippen LogP contribution in [0.25, 0.3) is 0 Å². The van der Waals surface area contributed by atoms with Gasteiger partial charge in [0.15, 0.2) is 0 Å². The molecule has 1 saturated heterocycles. The topological polar surface area (TPSA) is 49.8 Å². The molecule has 0 radical (unpaired) electrons. The zero-order valence-electron chi connectivity index (χ0n) is 13.7. The molecule has 2 atom stereocenters. The van der Waals surface area contributed by atoms with E-state index >= 15 is 0 Å². The maximum atomic E-state index is 13.6. The Bertz CT molecular complexity index is 573. The Balaban J connectivity index is 2.06. The number of carbonyl (C=O) groups excluding carboxylic acids is 1. The molecule has 0 saturated carbocycles. The smallest absolute Gasteiger partial charge is 0.410 e. The molecule has 6 heteroatoms. The van der Waals surface area contributed by atoms with Gasteiger partial charge in [-0.05, 0) is 61.2 Å². The van der Waals surface area contributed by atoms with Crippen LogP contribution in [0.2, 0.25) is 0 Å². The van der Waals surface area contributed by atoms with Crippen molar-refractivity contribution in [3.63, 3.8) is 0 Å². The molecular formula is C17H23BrFNO3. The second kappa shape index (κ2) is 7.18. The van der Waals surface area contributed by atoms with Gasteiger partial charge in [-0.1, -0.05) is 12.1 Å². The van der Waals surface area contributed by atoms with Crippen LogP contribution in [0, 0.1) is 11.7 Å². The predicted octanol–water partition coefficient (Wildman–Crippen LogP) is 3.75. The van der Waals surface area contributed by atoms with Crippen molar-refractivity contribution in [2.45, 2.75) is 45.3 Å². The molecule has 4 nitrogen and oxygen atoms in total. The number of carbonyl (C=O) groups is 1. The van der Waals surface area contributed by atoms with Crippen LogP contribution < -0.4 is 0 Å². The minimum atomic E-state index is -0.547. The van der Waals surface area contributed by atoms with E-state index in [1.807, 2.05) is 26.8 Å². The van der Waals surface area contributed by atoms with Gasteiger partial charge in [-0.2, -0.15) is 0 Å². The van der Waals surface area contributed by atoms with Crippen LogP contribution in [0.4, 0.5) is 9.18 Å². The normalized spacial score (nSPS) is 22.1. The molecule has 23 heavy (non-hydrogen) atoms. The summed E-state index contributed by atoms with van der Waals surface area (Å²) in [6, 6.07) is 4.86. The highest BCUT2D eigenvalue weighted by molar-refractivity contribution is 9.10. The van der Waals surface area contributed by atoms with E-state index in [-0.39, 0.29) is 17.8 Å². The zero-order valence-corrected chi connectivity index (χ0v) is 15.3. The van der Waals surface area contributed by atoms with Crippen molar-refractivity contribution in [3.8, 4) is 0 Å². The van der Waals surface area contributed by atoms with E-state index in [2.05, 4.69) is 15.9 Å². The van der Waals surface area contributed by atoms with Gasteiger partial charge in [-0.15, -0.1) is 0 Å². The number of hydrogen-bond acceptors (Lipinski definition) is 3. The zero-order chi connectivity index (χ0) is 17.2. The Morgan fingerprint density at radius 1 is 1.48 bits per heavy atom. The Labute approximate surface area is 144 Å². The number of amides is 1. The number of ether oxygens (including phenoxy) is 1. The molecule has 0 aromatic heterocycles. The molecule has 1 aromatic rings. The summed E-state index contributed by atoms with van der Waals surface area (Å²) in [6.45, 7) is 6.34. The van der Waals surface area contributed by atoms with Crippen LogP contribution in [0.3, 0.4) is 0 Å². The van der Waals surface area contributed by atoms with Crippen molar-refractivity contribution in [2.75, 3.05) is 13.1 Å². The standard InChI is InChI=1S/C17H23BrFNO3/c1-17(2,3)23-16(22)20-8-7-14(21)12(10-20)9-11-5-4-6-13(19)15(11)18/h4-6,12,14,21H,7-10H2,1-3H3. The number of piperidine rings is 1. The molecule has 1 aromatic carbocycles. The molecule has 1 heterocycles. The van der Waals surface area contributed by atoms with Crippen LogP contribution in [0.5, 0.6) is 0 Å². The van der Waals surface area contributed by atoms with Gasteiger partial charge >= 0.3 is 6.09 Å². The third-order valence-corrected chi connectivity index (χ3v) is 4.75. The monoisotopic (exact) mass is 387 g/mol. The number of halogens is 2. The van der Waals surface area contributed by atoms with Crippen LogP contribution in [0.1, 0.15) is 32.8 Å². The van der Waals surface area contributed by atoms with E-state index < -0.39 is 11.7 Å². The van der Waals surface area contributed by atoms with Crippen molar-refractivity contribution >= 4 is 22.0 Å². The van der Waals surface area contributed by atoms with Crippen molar-refractivity contribution in [1.29, 1.82) is 0 Å². The minimum Gasteiger partial charge on any atom is -0.444 e. The molecule has 1 aliphatic rings. The molecule has 0 spiro atoms. The van der Waals surface area contributed by atoms with Gasteiger partial charge in [0.05, 0.1) is 10.6 Å².